The van der Waals surface area contributed by atoms with Gasteiger partial charge in [-0.2, -0.15) is 0 Å². The highest BCUT2D eigenvalue weighted by atomic mass is 16.3. The van der Waals surface area contributed by atoms with Crippen molar-refractivity contribution in [3.8, 4) is 106 Å². The van der Waals surface area contributed by atoms with Crippen LogP contribution >= 0.6 is 0 Å². The van der Waals surface area contributed by atoms with E-state index < -0.39 is 0 Å². The lowest BCUT2D eigenvalue weighted by molar-refractivity contribution is 0.659. The molecule has 0 spiro atoms. The Hall–Kier alpha value is -16.8. The molecule has 141 heavy (non-hydrogen) atoms. The van der Waals surface area contributed by atoms with Crippen molar-refractivity contribution in [1.29, 1.82) is 0 Å². The lowest BCUT2D eigenvalue weighted by atomic mass is 9.81. The van der Waals surface area contributed by atoms with E-state index in [1.807, 2.05) is 30.3 Å². The van der Waals surface area contributed by atoms with Crippen molar-refractivity contribution < 1.29 is 13.3 Å². The second kappa shape index (κ2) is 29.2. The molecule has 0 unspecified atom stereocenters. The molecular weight excluding hydrogens is 1710 g/mol. The number of rotatable bonds is 6. The van der Waals surface area contributed by atoms with E-state index in [4.69, 9.17) is 13.3 Å². The third-order valence-electron chi connectivity index (χ3n) is 33.2. The lowest BCUT2D eigenvalue weighted by Gasteiger charge is -2.23. The highest BCUT2D eigenvalue weighted by Crippen LogP contribution is 2.59. The van der Waals surface area contributed by atoms with Gasteiger partial charge in [0.2, 0.25) is 0 Å². The Morgan fingerprint density at radius 3 is 0.865 bits per heavy atom. The van der Waals surface area contributed by atoms with Crippen molar-refractivity contribution in [2.75, 3.05) is 0 Å². The van der Waals surface area contributed by atoms with Crippen LogP contribution in [0.15, 0.2) is 420 Å². The van der Waals surface area contributed by atoms with E-state index in [2.05, 4.69) is 459 Å². The highest BCUT2D eigenvalue weighted by molar-refractivity contribution is 6.17. The van der Waals surface area contributed by atoms with Gasteiger partial charge in [0.15, 0.2) is 0 Å². The summed E-state index contributed by atoms with van der Waals surface area (Å²) in [6.45, 7) is 23.7. The summed E-state index contributed by atoms with van der Waals surface area (Å²) in [5, 5.41) is 14.8. The first-order valence-electron chi connectivity index (χ1n) is 49.6. The minimum atomic E-state index is -0.179. The Morgan fingerprint density at radius 1 is 0.149 bits per heavy atom. The molecule has 6 heterocycles. The monoisotopic (exact) mass is 1810 g/mol. The molecule has 5 aliphatic carbocycles. The van der Waals surface area contributed by atoms with Gasteiger partial charge < -0.3 is 27.0 Å². The minimum Gasteiger partial charge on any atom is -0.456 e. The molecule has 0 atom stereocenters. The molecule has 0 fully saturated rings. The second-order valence-electron chi connectivity index (χ2n) is 42.5. The van der Waals surface area contributed by atoms with Gasteiger partial charge in [-0.3, -0.25) is 0 Å². The van der Waals surface area contributed by atoms with Gasteiger partial charge in [-0.1, -0.05) is 330 Å². The van der Waals surface area contributed by atoms with Crippen LogP contribution in [0.5, 0.6) is 0 Å². The number of fused-ring (bicyclic) bond motifs is 33. The van der Waals surface area contributed by atoms with Crippen LogP contribution in [0.1, 0.15) is 125 Å². The summed E-state index contributed by atoms with van der Waals surface area (Å²) in [5.41, 5.74) is 50.7. The average Bonchev–Trinajstić information content (AvgIpc) is 1.56. The van der Waals surface area contributed by atoms with Crippen LogP contribution in [0, 0.1) is 0 Å². The van der Waals surface area contributed by atoms with Crippen molar-refractivity contribution >= 4 is 131 Å². The molecule has 5 aliphatic rings. The predicted molar refractivity (Wildman–Crippen MR) is 588 cm³/mol. The van der Waals surface area contributed by atoms with Gasteiger partial charge in [-0.05, 0) is 285 Å². The number of hydrogen-bond donors (Lipinski definition) is 0. The van der Waals surface area contributed by atoms with Gasteiger partial charge in [-0.25, -0.2) is 0 Å². The van der Waals surface area contributed by atoms with Crippen LogP contribution in [0.25, 0.3) is 237 Å². The summed E-state index contributed by atoms with van der Waals surface area (Å²) in [6, 6.07) is 150. The van der Waals surface area contributed by atoms with Gasteiger partial charge in [0, 0.05) is 114 Å². The molecule has 20 aromatic carbocycles. The molecule has 670 valence electrons. The van der Waals surface area contributed by atoms with Crippen LogP contribution < -0.4 is 0 Å². The average molecular weight is 1810 g/mol. The Morgan fingerprint density at radius 2 is 0.426 bits per heavy atom. The largest absolute Gasteiger partial charge is 0.456 e. The second-order valence-corrected chi connectivity index (χ2v) is 42.5. The molecule has 6 aromatic heterocycles. The van der Waals surface area contributed by atoms with E-state index in [0.717, 1.165) is 71.4 Å². The van der Waals surface area contributed by atoms with Crippen molar-refractivity contribution in [2.45, 2.75) is 96.3 Å². The molecule has 0 bridgehead atoms. The number of nitrogens with zero attached hydrogens (tertiary/aromatic N) is 3. The predicted octanol–water partition coefficient (Wildman–Crippen LogP) is 36.6. The van der Waals surface area contributed by atoms with E-state index in [0.29, 0.717) is 0 Å². The Balaban J connectivity index is 0.000000102. The summed E-state index contributed by atoms with van der Waals surface area (Å²) in [4.78, 5) is 0. The van der Waals surface area contributed by atoms with Crippen molar-refractivity contribution in [2.24, 2.45) is 0 Å². The quantitative estimate of drug-likeness (QED) is 0.167. The van der Waals surface area contributed by atoms with Gasteiger partial charge >= 0.3 is 0 Å². The van der Waals surface area contributed by atoms with Crippen LogP contribution in [0.4, 0.5) is 0 Å². The first-order valence-corrected chi connectivity index (χ1v) is 49.6. The number of para-hydroxylation sites is 7. The van der Waals surface area contributed by atoms with Crippen LogP contribution in [0.2, 0.25) is 0 Å². The molecule has 0 amide bonds. The van der Waals surface area contributed by atoms with E-state index in [9.17, 15) is 0 Å². The summed E-state index contributed by atoms with van der Waals surface area (Å²) in [6.07, 6.45) is 0. The maximum absolute atomic E-state index is 6.45. The van der Waals surface area contributed by atoms with Gasteiger partial charge in [0.25, 0.3) is 0 Å². The van der Waals surface area contributed by atoms with Crippen molar-refractivity contribution in [1.82, 2.24) is 13.7 Å². The van der Waals surface area contributed by atoms with Gasteiger partial charge in [0.1, 0.15) is 33.5 Å². The Bertz CT molecular complexity index is 9970. The summed E-state index contributed by atoms with van der Waals surface area (Å²) < 4.78 is 26.1. The molecule has 0 N–H and O–H groups in total. The van der Waals surface area contributed by atoms with E-state index in [-0.39, 0.29) is 27.1 Å². The number of benzene rings is 20. The topological polar surface area (TPSA) is 54.2 Å². The lowest BCUT2D eigenvalue weighted by Crippen LogP contribution is -2.15. The molecule has 0 radical (unpaired) electrons. The zero-order valence-electron chi connectivity index (χ0n) is 80.2. The molecule has 0 saturated carbocycles. The number of furan rings is 3. The fourth-order valence-electron chi connectivity index (χ4n) is 26.0. The van der Waals surface area contributed by atoms with Crippen LogP contribution in [-0.2, 0) is 27.1 Å². The normalized spacial score (nSPS) is 14.7. The molecule has 31 rings (SSSR count). The maximum atomic E-state index is 6.45. The van der Waals surface area contributed by atoms with Gasteiger partial charge in [0.05, 0.1) is 33.1 Å². The van der Waals surface area contributed by atoms with Crippen LogP contribution in [0.3, 0.4) is 0 Å². The summed E-state index contributed by atoms with van der Waals surface area (Å²) in [7, 11) is 0. The fourth-order valence-corrected chi connectivity index (χ4v) is 26.0. The van der Waals surface area contributed by atoms with Gasteiger partial charge in [-0.15, -0.1) is 0 Å². The van der Waals surface area contributed by atoms with E-state index >= 15 is 0 Å². The summed E-state index contributed by atoms with van der Waals surface area (Å²) >= 11 is 0. The smallest absolute Gasteiger partial charge is 0.143 e. The molecule has 6 heteroatoms. The first kappa shape index (κ1) is 81.4. The van der Waals surface area contributed by atoms with Crippen LogP contribution in [-0.4, -0.2) is 13.7 Å². The molecule has 0 aliphatic heterocycles. The zero-order valence-corrected chi connectivity index (χ0v) is 80.2. The van der Waals surface area contributed by atoms with Crippen molar-refractivity contribution in [3.63, 3.8) is 0 Å². The maximum Gasteiger partial charge on any atom is 0.143 e. The minimum absolute atomic E-state index is 0.0214. The van der Waals surface area contributed by atoms with Crippen molar-refractivity contribution in [3.05, 3.63) is 462 Å². The first-order chi connectivity index (χ1) is 68.7. The molecule has 0 saturated heterocycles. The molecule has 26 aromatic rings. The third kappa shape index (κ3) is 11.5. The highest BCUT2D eigenvalue weighted by Gasteiger charge is 2.43. The molecular formula is C135H97N3O3. The van der Waals surface area contributed by atoms with E-state index in [1.54, 1.807) is 0 Å². The molecule has 6 nitrogen and oxygen atoms in total. The SMILES string of the molecule is CC1(C)c2cc(-c3ccc4oc5ccccc5c4c3)ccc2-c2ccc(-n3c4ccccc4c4cc5c(cc43)-c3ccccc3C5(C)C)cc21.CC1(C)c2cc(-c3cccc4c3oc3ccccc34)ccc2-c2ccc(-n3c4ccccc4c4cc5c(cc43)-c3ccccc3C5(C)C)cc21.CC1(C)c2ccccc2-c2cc3c(cc21)c1ccccc1n3-c1ccc(-c2ccc3oc4ccccc4c3c2)cc1. The Kier molecular flexibility index (Phi) is 16.8. The van der Waals surface area contributed by atoms with E-state index in [1.165, 1.54) is 222 Å². The Labute approximate surface area is 816 Å². The number of aromatic nitrogens is 3. The zero-order chi connectivity index (χ0) is 94.3. The number of hydrogen-bond acceptors (Lipinski definition) is 3. The fraction of sp³-hybridized carbons (Fsp3) is 0.111. The third-order valence-corrected chi connectivity index (χ3v) is 33.2. The standard InChI is InChI=1S/2C48H35NO.C39H27NO/c1-47(2)39-17-8-5-12-31(39)37-27-44-38(26-42(37)47)34-13-6-9-18-43(34)49(44)29-21-23-33-32-22-20-28(24-40(32)48(3,4)41(33)25-29)30-15-11-16-36-35-14-7-10-19-45(35)50-46(30)36;1-47(2)39-14-8-5-11-31(39)36-27-44-37(26-42(36)47)34-12-6-9-15-43(34)49(44)30-19-21-33-32-20-17-29(24-40(32)48(3,4)41(33)25-30)28-18-22-46-38(23-28)35-13-7-10-16-45(35)50-46;1-39(2)33-12-6-3-9-27(33)30-23-36-31(22-34(30)39)28-10-4-7-13-35(28)40(36)26-18-15-24(16-19-26)25-17-20-38-32(21-25)29-11-5-8-14-37(29)41-38/h2*5-27H,1-4H3;3-23H,1-2H3. The summed E-state index contributed by atoms with van der Waals surface area (Å²) in [5.74, 6) is 0.